The van der Waals surface area contributed by atoms with E-state index in [0.29, 0.717) is 42.9 Å². The molecule has 0 spiro atoms. The van der Waals surface area contributed by atoms with E-state index in [2.05, 4.69) is 4.98 Å². The Labute approximate surface area is 166 Å². The highest BCUT2D eigenvalue weighted by Gasteiger charge is 2.24. The van der Waals surface area contributed by atoms with E-state index in [1.54, 1.807) is 17.0 Å². The van der Waals surface area contributed by atoms with Crippen molar-refractivity contribution in [3.8, 4) is 11.5 Å². The number of carbonyl (C=O) groups excluding carboxylic acids is 1. The summed E-state index contributed by atoms with van der Waals surface area (Å²) in [6.07, 6.45) is 1.50. The molecule has 1 aliphatic rings. The molecule has 1 aliphatic heterocycles. The molecule has 2 aromatic heterocycles. The number of nitrogens with zero attached hydrogens (tertiary/aromatic N) is 3. The number of aromatic nitrogens is 1. The zero-order chi connectivity index (χ0) is 18.1. The van der Waals surface area contributed by atoms with Crippen molar-refractivity contribution in [2.24, 2.45) is 0 Å². The Morgan fingerprint density at radius 1 is 1.19 bits per heavy atom. The predicted octanol–water partition coefficient (Wildman–Crippen LogP) is -0.127. The first-order valence-corrected chi connectivity index (χ1v) is 9.14. The molecule has 0 bridgehead atoms. The molecule has 3 aromatic rings. The number of ether oxygens (including phenoxy) is 2. The maximum Gasteiger partial charge on any atom is 0.295 e. The first-order valence-electron chi connectivity index (χ1n) is 8.32. The van der Waals surface area contributed by atoms with E-state index in [-0.39, 0.29) is 18.3 Å². The third kappa shape index (κ3) is 4.02. The van der Waals surface area contributed by atoms with Crippen LogP contribution in [0.15, 0.2) is 34.9 Å². The van der Waals surface area contributed by atoms with Crippen LogP contribution in [0.3, 0.4) is 0 Å². The van der Waals surface area contributed by atoms with Gasteiger partial charge in [-0.3, -0.25) is 9.69 Å². The van der Waals surface area contributed by atoms with Gasteiger partial charge >= 0.3 is 0 Å². The molecule has 0 radical (unpaired) electrons. The van der Waals surface area contributed by atoms with E-state index in [1.807, 2.05) is 31.1 Å². The fourth-order valence-corrected chi connectivity index (χ4v) is 3.69. The summed E-state index contributed by atoms with van der Waals surface area (Å²) < 4.78 is 17.5. The van der Waals surface area contributed by atoms with Crippen molar-refractivity contribution in [1.82, 2.24) is 9.88 Å². The second kappa shape index (κ2) is 8.16. The van der Waals surface area contributed by atoms with Gasteiger partial charge < -0.3 is 31.2 Å². The summed E-state index contributed by atoms with van der Waals surface area (Å²) in [5.74, 6) is 1.51. The third-order valence-electron chi connectivity index (χ3n) is 4.02. The molecular weight excluding hydrogens is 390 g/mol. The zero-order valence-electron chi connectivity index (χ0n) is 15.0. The molecule has 1 aromatic carbocycles. The highest BCUT2D eigenvalue weighted by atomic mass is 35.5. The Morgan fingerprint density at radius 3 is 2.59 bits per heavy atom. The van der Waals surface area contributed by atoms with E-state index in [1.165, 1.54) is 17.6 Å². The van der Waals surface area contributed by atoms with E-state index in [9.17, 15) is 4.79 Å². The summed E-state index contributed by atoms with van der Waals surface area (Å²) in [7, 11) is 3.94. The number of furan rings is 1. The van der Waals surface area contributed by atoms with Crippen LogP contribution in [0.1, 0.15) is 10.6 Å². The van der Waals surface area contributed by atoms with Gasteiger partial charge in [0.2, 0.25) is 0 Å². The van der Waals surface area contributed by atoms with Gasteiger partial charge in [0.1, 0.15) is 13.2 Å². The monoisotopic (exact) mass is 408 g/mol. The second-order valence-corrected chi connectivity index (χ2v) is 7.21. The topological polar surface area (TPSA) is 68.0 Å². The van der Waals surface area contributed by atoms with Crippen LogP contribution in [0.5, 0.6) is 11.5 Å². The molecule has 0 fully saturated rings. The number of amides is 1. The molecule has 0 unspecified atom stereocenters. The molecule has 144 valence electrons. The maximum atomic E-state index is 12.9. The average molecular weight is 409 g/mol. The Balaban J connectivity index is 0.00000210. The van der Waals surface area contributed by atoms with Gasteiger partial charge in [0.25, 0.3) is 5.91 Å². The number of fused-ring (bicyclic) bond motifs is 2. The summed E-state index contributed by atoms with van der Waals surface area (Å²) >= 11 is 1.45. The molecule has 0 saturated heterocycles. The van der Waals surface area contributed by atoms with Crippen molar-refractivity contribution in [3.05, 3.63) is 36.3 Å². The number of carbonyl (C=O) groups is 1. The van der Waals surface area contributed by atoms with E-state index in [4.69, 9.17) is 13.9 Å². The molecule has 1 amide bonds. The van der Waals surface area contributed by atoms with E-state index >= 15 is 0 Å². The minimum absolute atomic E-state index is 0. The molecule has 27 heavy (non-hydrogen) atoms. The minimum atomic E-state index is -0.201. The van der Waals surface area contributed by atoms with Crippen LogP contribution in [0.4, 0.5) is 5.13 Å². The fraction of sp³-hybridized carbons (Fsp3) is 0.333. The van der Waals surface area contributed by atoms with E-state index in [0.717, 1.165) is 16.0 Å². The van der Waals surface area contributed by atoms with Crippen LogP contribution in [0, 0.1) is 0 Å². The van der Waals surface area contributed by atoms with Crippen LogP contribution < -0.4 is 26.8 Å². The fourth-order valence-electron chi connectivity index (χ4n) is 2.69. The number of thiazole rings is 1. The standard InChI is InChI=1S/C18H19N3O4S.ClH/c1-20(2)5-6-21(17(22)13-4-3-7-23-13)18-19-12-10-14-15(11-16(12)26-18)25-9-8-24-14;/h3-4,7,10-11H,5-6,8-9H2,1-2H3;1H/p-1. The van der Waals surface area contributed by atoms with Gasteiger partial charge in [-0.15, -0.1) is 0 Å². The second-order valence-electron chi connectivity index (χ2n) is 6.20. The quantitative estimate of drug-likeness (QED) is 0.586. The molecule has 0 aliphatic carbocycles. The van der Waals surface area contributed by atoms with Crippen LogP contribution in [0.2, 0.25) is 0 Å². The van der Waals surface area contributed by atoms with Gasteiger partial charge in [0, 0.05) is 25.2 Å². The Morgan fingerprint density at radius 2 is 1.93 bits per heavy atom. The Kier molecular flexibility index (Phi) is 5.88. The molecule has 0 saturated carbocycles. The number of likely N-dealkylation sites (N-methyl/N-ethyl adjacent to an activating group) is 1. The van der Waals surface area contributed by atoms with Gasteiger partial charge in [-0.05, 0) is 26.2 Å². The molecule has 3 heterocycles. The zero-order valence-corrected chi connectivity index (χ0v) is 16.5. The average Bonchev–Trinajstić information content (AvgIpc) is 3.29. The predicted molar refractivity (Wildman–Crippen MR) is 99.5 cm³/mol. The Bertz CT molecular complexity index is 883. The number of hydrogen-bond acceptors (Lipinski definition) is 7. The lowest BCUT2D eigenvalue weighted by Gasteiger charge is -2.20. The molecule has 4 rings (SSSR count). The van der Waals surface area contributed by atoms with Crippen molar-refractivity contribution in [2.75, 3.05) is 45.3 Å². The molecule has 0 N–H and O–H groups in total. The number of halogens is 1. The van der Waals surface area contributed by atoms with Crippen LogP contribution in [0.25, 0.3) is 10.2 Å². The van der Waals surface area contributed by atoms with Gasteiger partial charge in [-0.1, -0.05) is 11.3 Å². The highest BCUT2D eigenvalue weighted by Crippen LogP contribution is 2.39. The summed E-state index contributed by atoms with van der Waals surface area (Å²) in [6.45, 7) is 2.29. The minimum Gasteiger partial charge on any atom is -1.00 e. The summed E-state index contributed by atoms with van der Waals surface area (Å²) in [4.78, 5) is 21.2. The lowest BCUT2D eigenvalue weighted by Crippen LogP contribution is -3.00. The highest BCUT2D eigenvalue weighted by molar-refractivity contribution is 7.22. The van der Waals surface area contributed by atoms with Gasteiger partial charge in [-0.25, -0.2) is 4.98 Å². The first-order chi connectivity index (χ1) is 12.6. The van der Waals surface area contributed by atoms with E-state index < -0.39 is 0 Å². The largest absolute Gasteiger partial charge is 1.00 e. The van der Waals surface area contributed by atoms with Gasteiger partial charge in [0.05, 0.1) is 16.5 Å². The Hall–Kier alpha value is -2.29. The smallest absolute Gasteiger partial charge is 0.295 e. The normalized spacial score (nSPS) is 12.9. The van der Waals surface area contributed by atoms with Gasteiger partial charge in [-0.2, -0.15) is 0 Å². The summed E-state index contributed by atoms with van der Waals surface area (Å²) in [5, 5.41) is 0.630. The third-order valence-corrected chi connectivity index (χ3v) is 5.06. The van der Waals surface area contributed by atoms with Crippen molar-refractivity contribution in [1.29, 1.82) is 0 Å². The summed E-state index contributed by atoms with van der Waals surface area (Å²) in [5.41, 5.74) is 0.788. The molecule has 0 atom stereocenters. The SMILES string of the molecule is CN(C)CCN(C(=O)c1ccco1)c1nc2cc3c(cc2s1)OCCO3.[Cl-]. The molecule has 7 nitrogen and oxygen atoms in total. The first kappa shape index (κ1) is 19.5. The van der Waals surface area contributed by atoms with Crippen LogP contribution in [-0.4, -0.2) is 56.2 Å². The number of rotatable bonds is 5. The van der Waals surface area contributed by atoms with Crippen molar-refractivity contribution in [3.63, 3.8) is 0 Å². The van der Waals surface area contributed by atoms with Crippen molar-refractivity contribution in [2.45, 2.75) is 0 Å². The lowest BCUT2D eigenvalue weighted by molar-refractivity contribution is -0.0000136. The number of benzene rings is 1. The van der Waals surface area contributed by atoms with Crippen LogP contribution >= 0.6 is 11.3 Å². The van der Waals surface area contributed by atoms with Gasteiger partial charge in [0.15, 0.2) is 22.4 Å². The number of hydrogen-bond donors (Lipinski definition) is 0. The number of anilines is 1. The maximum absolute atomic E-state index is 12.9. The summed E-state index contributed by atoms with van der Waals surface area (Å²) in [6, 6.07) is 7.16. The van der Waals surface area contributed by atoms with Crippen LogP contribution in [-0.2, 0) is 0 Å². The van der Waals surface area contributed by atoms with Crippen molar-refractivity contribution >= 4 is 32.6 Å². The molecule has 9 heteroatoms. The molecular formula is C18H19ClN3O4S-. The lowest BCUT2D eigenvalue weighted by atomic mass is 10.3. The van der Waals surface area contributed by atoms with Crippen molar-refractivity contribution < 1.29 is 31.1 Å².